The molecule has 7 heteroatoms. The molecule has 1 heterocycles. The molecule has 1 aliphatic carbocycles. The number of piperidine rings is 1. The molecule has 0 bridgehead atoms. The van der Waals surface area contributed by atoms with E-state index >= 15 is 0 Å². The van der Waals surface area contributed by atoms with Gasteiger partial charge in [-0.15, -0.1) is 0 Å². The Hall–Kier alpha value is -2.51. The van der Waals surface area contributed by atoms with Crippen molar-refractivity contribution in [2.45, 2.75) is 50.0 Å². The molecule has 30 heavy (non-hydrogen) atoms. The van der Waals surface area contributed by atoms with Crippen LogP contribution in [0.5, 0.6) is 5.75 Å². The van der Waals surface area contributed by atoms with Gasteiger partial charge in [-0.1, -0.05) is 24.6 Å². The molecule has 2 fully saturated rings. The molecule has 2 aromatic rings. The Bertz CT molecular complexity index is 888. The molecule has 2 aromatic carbocycles. The average molecular weight is 416 g/mol. The first kappa shape index (κ1) is 20.8. The van der Waals surface area contributed by atoms with Crippen LogP contribution in [0, 0.1) is 11.6 Å². The van der Waals surface area contributed by atoms with E-state index in [1.165, 1.54) is 30.3 Å². The maximum absolute atomic E-state index is 14.1. The van der Waals surface area contributed by atoms with Crippen LogP contribution in [0.15, 0.2) is 48.5 Å². The second-order valence-corrected chi connectivity index (χ2v) is 7.99. The summed E-state index contributed by atoms with van der Waals surface area (Å²) in [6.45, 7) is 1.64. The predicted octanol–water partition coefficient (Wildman–Crippen LogP) is 3.13. The minimum atomic E-state index is -0.864. The first-order chi connectivity index (χ1) is 14.5. The van der Waals surface area contributed by atoms with Crippen molar-refractivity contribution in [1.82, 2.24) is 10.2 Å². The van der Waals surface area contributed by atoms with Crippen LogP contribution in [-0.4, -0.2) is 53.3 Å². The minimum absolute atomic E-state index is 0.0288. The Morgan fingerprint density at radius 3 is 2.57 bits per heavy atom. The normalized spacial score (nSPS) is 27.0. The number of likely N-dealkylation sites (tertiary alicyclic amines) is 1. The zero-order valence-corrected chi connectivity index (χ0v) is 16.6. The smallest absolute Gasteiger partial charge is 0.254 e. The molecule has 4 rings (SSSR count). The van der Waals surface area contributed by atoms with Gasteiger partial charge < -0.3 is 15.2 Å². The van der Waals surface area contributed by atoms with Crippen molar-refractivity contribution < 1.29 is 23.4 Å². The summed E-state index contributed by atoms with van der Waals surface area (Å²) in [5, 5.41) is 14.0. The number of nitrogens with one attached hydrogen (secondary N) is 1. The molecule has 5 nitrogen and oxygen atoms in total. The van der Waals surface area contributed by atoms with Crippen LogP contribution in [0.3, 0.4) is 0 Å². The highest BCUT2D eigenvalue weighted by molar-refractivity contribution is 5.94. The summed E-state index contributed by atoms with van der Waals surface area (Å²) < 4.78 is 33.5. The number of nitrogens with zero attached hydrogens (tertiary/aromatic N) is 1. The molecule has 2 N–H and O–H groups in total. The Kier molecular flexibility index (Phi) is 6.29. The number of aliphatic hydroxyl groups excluding tert-OH is 1. The molecule has 1 aliphatic heterocycles. The molecule has 0 radical (unpaired) electrons. The molecule has 1 saturated heterocycles. The fourth-order valence-corrected chi connectivity index (χ4v) is 4.54. The van der Waals surface area contributed by atoms with Crippen LogP contribution >= 0.6 is 0 Å². The molecule has 2 aliphatic rings. The summed E-state index contributed by atoms with van der Waals surface area (Å²) in [5.41, 5.74) is -0.0288. The van der Waals surface area contributed by atoms with E-state index in [4.69, 9.17) is 4.74 Å². The van der Waals surface area contributed by atoms with E-state index < -0.39 is 35.8 Å². The SMILES string of the molecule is O=C(N[C@@H]1C[C@@H](Oc2cccc(F)c2)[C@H](O)[C@H]1N1CCCCC1)c1ccccc1F. The fourth-order valence-electron chi connectivity index (χ4n) is 4.54. The number of carbonyl (C=O) groups excluding carboxylic acids is 1. The topological polar surface area (TPSA) is 61.8 Å². The monoisotopic (exact) mass is 416 g/mol. The third-order valence-electron chi connectivity index (χ3n) is 5.96. The van der Waals surface area contributed by atoms with Gasteiger partial charge in [0.15, 0.2) is 0 Å². The molecular formula is C23H26F2N2O3. The Morgan fingerprint density at radius 1 is 1.07 bits per heavy atom. The van der Waals surface area contributed by atoms with Gasteiger partial charge in [-0.05, 0) is 50.2 Å². The Morgan fingerprint density at radius 2 is 1.83 bits per heavy atom. The lowest BCUT2D eigenvalue weighted by Crippen LogP contribution is -2.54. The maximum atomic E-state index is 14.1. The van der Waals surface area contributed by atoms with Crippen molar-refractivity contribution in [3.05, 3.63) is 65.7 Å². The van der Waals surface area contributed by atoms with Crippen molar-refractivity contribution in [3.8, 4) is 5.75 Å². The third kappa shape index (κ3) is 4.47. The van der Waals surface area contributed by atoms with Crippen LogP contribution in [0.2, 0.25) is 0 Å². The number of rotatable bonds is 5. The van der Waals surface area contributed by atoms with Gasteiger partial charge in [-0.3, -0.25) is 9.69 Å². The van der Waals surface area contributed by atoms with E-state index in [0.29, 0.717) is 12.2 Å². The quantitative estimate of drug-likeness (QED) is 0.786. The van der Waals surface area contributed by atoms with E-state index in [2.05, 4.69) is 10.2 Å². The highest BCUT2D eigenvalue weighted by atomic mass is 19.1. The van der Waals surface area contributed by atoms with Gasteiger partial charge in [0.05, 0.1) is 17.6 Å². The summed E-state index contributed by atoms with van der Waals surface area (Å²) in [4.78, 5) is 14.9. The second kappa shape index (κ2) is 9.10. The van der Waals surface area contributed by atoms with Crippen molar-refractivity contribution in [2.75, 3.05) is 13.1 Å². The van der Waals surface area contributed by atoms with Gasteiger partial charge >= 0.3 is 0 Å². The Labute approximate surface area is 174 Å². The largest absolute Gasteiger partial charge is 0.487 e. The van der Waals surface area contributed by atoms with Crippen molar-refractivity contribution in [1.29, 1.82) is 0 Å². The number of aliphatic hydroxyl groups is 1. The van der Waals surface area contributed by atoms with Gasteiger partial charge in [-0.25, -0.2) is 8.78 Å². The van der Waals surface area contributed by atoms with Crippen LogP contribution < -0.4 is 10.1 Å². The molecule has 1 amide bonds. The van der Waals surface area contributed by atoms with Crippen LogP contribution in [0.25, 0.3) is 0 Å². The first-order valence-corrected chi connectivity index (χ1v) is 10.4. The third-order valence-corrected chi connectivity index (χ3v) is 5.96. The lowest BCUT2D eigenvalue weighted by molar-refractivity contribution is 0.00137. The molecular weight excluding hydrogens is 390 g/mol. The van der Waals surface area contributed by atoms with Crippen LogP contribution in [0.1, 0.15) is 36.0 Å². The number of halogens is 2. The van der Waals surface area contributed by atoms with E-state index in [9.17, 15) is 18.7 Å². The van der Waals surface area contributed by atoms with Crippen LogP contribution in [-0.2, 0) is 0 Å². The summed E-state index contributed by atoms with van der Waals surface area (Å²) in [6, 6.07) is 10.8. The first-order valence-electron chi connectivity index (χ1n) is 10.4. The molecule has 160 valence electrons. The summed E-state index contributed by atoms with van der Waals surface area (Å²) in [6.07, 6.45) is 2.05. The van der Waals surface area contributed by atoms with Crippen LogP contribution in [0.4, 0.5) is 8.78 Å². The lowest BCUT2D eigenvalue weighted by Gasteiger charge is -2.37. The zero-order valence-electron chi connectivity index (χ0n) is 16.6. The molecule has 4 atom stereocenters. The molecule has 0 spiro atoms. The highest BCUT2D eigenvalue weighted by Crippen LogP contribution is 2.31. The van der Waals surface area contributed by atoms with Gasteiger partial charge in [0.1, 0.15) is 29.6 Å². The number of hydrogen-bond donors (Lipinski definition) is 2. The number of benzene rings is 2. The number of carbonyl (C=O) groups is 1. The summed E-state index contributed by atoms with van der Waals surface area (Å²) in [5.74, 6) is -1.19. The highest BCUT2D eigenvalue weighted by Gasteiger charge is 2.47. The Balaban J connectivity index is 1.54. The number of amides is 1. The van der Waals surface area contributed by atoms with E-state index in [1.807, 2.05) is 0 Å². The van der Waals surface area contributed by atoms with Crippen molar-refractivity contribution in [2.24, 2.45) is 0 Å². The van der Waals surface area contributed by atoms with Gasteiger partial charge in [0.2, 0.25) is 0 Å². The van der Waals surface area contributed by atoms with Gasteiger partial charge in [0, 0.05) is 12.5 Å². The predicted molar refractivity (Wildman–Crippen MR) is 108 cm³/mol. The van der Waals surface area contributed by atoms with Crippen molar-refractivity contribution in [3.63, 3.8) is 0 Å². The van der Waals surface area contributed by atoms with E-state index in [0.717, 1.165) is 32.4 Å². The molecule has 0 aromatic heterocycles. The van der Waals surface area contributed by atoms with Crippen molar-refractivity contribution >= 4 is 5.91 Å². The second-order valence-electron chi connectivity index (χ2n) is 7.99. The van der Waals surface area contributed by atoms with Gasteiger partial charge in [-0.2, -0.15) is 0 Å². The number of hydrogen-bond acceptors (Lipinski definition) is 4. The summed E-state index contributed by atoms with van der Waals surface area (Å²) >= 11 is 0. The molecule has 0 unspecified atom stereocenters. The standard InChI is InChI=1S/C23H26F2N2O3/c24-15-7-6-8-16(13-15)30-20-14-19(21(22(20)28)27-11-4-1-5-12-27)26-23(29)17-9-2-3-10-18(17)25/h2-3,6-10,13,19-22,28H,1,4-5,11-12,14H2,(H,26,29)/t19-,20-,21+,22+/m1/s1. The number of ether oxygens (including phenoxy) is 1. The average Bonchev–Trinajstić information content (AvgIpc) is 3.03. The maximum Gasteiger partial charge on any atom is 0.254 e. The van der Waals surface area contributed by atoms with Gasteiger partial charge in [0.25, 0.3) is 5.91 Å². The van der Waals surface area contributed by atoms with E-state index in [1.54, 1.807) is 18.2 Å². The van der Waals surface area contributed by atoms with E-state index in [-0.39, 0.29) is 11.6 Å². The lowest BCUT2D eigenvalue weighted by atomic mass is 10.0. The minimum Gasteiger partial charge on any atom is -0.487 e. The molecule has 1 saturated carbocycles. The summed E-state index contributed by atoms with van der Waals surface area (Å²) in [7, 11) is 0. The fraction of sp³-hybridized carbons (Fsp3) is 0.435. The zero-order chi connectivity index (χ0) is 21.1.